The van der Waals surface area contributed by atoms with Crippen LogP contribution in [0, 0.1) is 0 Å². The quantitative estimate of drug-likeness (QED) is 0.547. The fraction of sp³-hybridized carbons (Fsp3) is 0.909. The number of hydrogen-bond acceptors (Lipinski definition) is 3. The van der Waals surface area contributed by atoms with Gasteiger partial charge in [-0.05, 0) is 12.8 Å². The smallest absolute Gasteiger partial charge is 0.339 e. The second-order valence-corrected chi connectivity index (χ2v) is 4.55. The van der Waals surface area contributed by atoms with Crippen molar-refractivity contribution in [2.24, 2.45) is 5.73 Å². The molecule has 4 N–H and O–H groups in total. The lowest BCUT2D eigenvalue weighted by Gasteiger charge is -2.29. The summed E-state index contributed by atoms with van der Waals surface area (Å²) in [6.07, 6.45) is 7.65. The van der Waals surface area contributed by atoms with Crippen LogP contribution in [0.3, 0.4) is 0 Å². The van der Waals surface area contributed by atoms with Crippen LogP contribution in [0.25, 0.3) is 0 Å². The van der Waals surface area contributed by atoms with Gasteiger partial charge < -0.3 is 4.74 Å². The number of unbranched alkanes of at least 4 members (excludes halogenated alkanes) is 2. The Morgan fingerprint density at radius 1 is 1.47 bits per heavy atom. The van der Waals surface area contributed by atoms with Crippen LogP contribution >= 0.6 is 0 Å². The molecule has 3 atom stereocenters. The third-order valence-corrected chi connectivity index (χ3v) is 3.28. The van der Waals surface area contributed by atoms with Gasteiger partial charge in [-0.3, -0.25) is 16.0 Å². The van der Waals surface area contributed by atoms with E-state index >= 15 is 0 Å². The van der Waals surface area contributed by atoms with Crippen molar-refractivity contribution < 1.29 is 9.73 Å². The average molecular weight is 212 g/mol. The lowest BCUT2D eigenvalue weighted by Crippen LogP contribution is -2.83. The summed E-state index contributed by atoms with van der Waals surface area (Å²) in [5.41, 5.74) is 5.79. The average Bonchev–Trinajstić information content (AvgIpc) is 2.47. The van der Waals surface area contributed by atoms with Crippen molar-refractivity contribution in [1.29, 1.82) is 0 Å². The van der Waals surface area contributed by atoms with E-state index in [1.807, 2.05) is 0 Å². The molecule has 0 radical (unpaired) electrons. The Hall–Kier alpha value is -0.770. The first-order chi connectivity index (χ1) is 7.29. The highest BCUT2D eigenvalue weighted by Gasteiger charge is 2.36. The Morgan fingerprint density at radius 3 is 3.13 bits per heavy atom. The summed E-state index contributed by atoms with van der Waals surface area (Å²) in [5.74, 6) is 0.681. The summed E-state index contributed by atoms with van der Waals surface area (Å²) in [5, 5.41) is 3.31. The van der Waals surface area contributed by atoms with E-state index in [0.717, 1.165) is 19.3 Å². The van der Waals surface area contributed by atoms with Crippen molar-refractivity contribution in [3.63, 3.8) is 0 Å². The molecule has 4 heteroatoms. The van der Waals surface area contributed by atoms with Gasteiger partial charge in [0, 0.05) is 6.42 Å². The second kappa shape index (κ2) is 4.84. The van der Waals surface area contributed by atoms with Gasteiger partial charge in [0.05, 0.1) is 6.10 Å². The maximum atomic E-state index is 5.95. The lowest BCUT2D eigenvalue weighted by molar-refractivity contribution is -0.569. The molecule has 2 bridgehead atoms. The van der Waals surface area contributed by atoms with E-state index in [1.54, 1.807) is 0 Å². The molecule has 1 fully saturated rings. The molecule has 1 saturated heterocycles. The van der Waals surface area contributed by atoms with Gasteiger partial charge >= 0.3 is 5.96 Å². The highest BCUT2D eigenvalue weighted by Crippen LogP contribution is 2.21. The molecule has 0 aromatic carbocycles. The van der Waals surface area contributed by atoms with Crippen LogP contribution in [0.2, 0.25) is 0 Å². The number of ether oxygens (including phenoxy) is 1. The van der Waals surface area contributed by atoms with E-state index in [4.69, 9.17) is 10.5 Å². The number of fused-ring (bicyclic) bond motifs is 3. The number of nitrogens with two attached hydrogens (primary N) is 1. The number of nitrogens with one attached hydrogen (secondary N) is 2. The molecule has 0 aromatic rings. The molecule has 0 aliphatic carbocycles. The Kier molecular flexibility index (Phi) is 3.46. The first kappa shape index (κ1) is 10.7. The third-order valence-electron chi connectivity index (χ3n) is 3.28. The monoisotopic (exact) mass is 212 g/mol. The van der Waals surface area contributed by atoms with Gasteiger partial charge in [0.1, 0.15) is 6.04 Å². The molecule has 0 saturated carbocycles. The minimum atomic E-state index is 0.128. The minimum Gasteiger partial charge on any atom is -0.339 e. The van der Waals surface area contributed by atoms with Gasteiger partial charge in [-0.2, -0.15) is 0 Å². The van der Waals surface area contributed by atoms with Crippen molar-refractivity contribution in [1.82, 2.24) is 5.32 Å². The SMILES string of the molecule is CCCCC[C@@H]1O[C@@H]2CC[C@H]1NC(N)=[NH+]2. The molecule has 4 nitrogen and oxygen atoms in total. The molecule has 15 heavy (non-hydrogen) atoms. The predicted molar refractivity (Wildman–Crippen MR) is 59.1 cm³/mol. The van der Waals surface area contributed by atoms with Crippen molar-refractivity contribution in [2.75, 3.05) is 0 Å². The zero-order valence-corrected chi connectivity index (χ0v) is 9.46. The number of guanidine groups is 1. The van der Waals surface area contributed by atoms with E-state index in [2.05, 4.69) is 17.2 Å². The molecule has 3 heterocycles. The fourth-order valence-electron chi connectivity index (χ4n) is 2.44. The van der Waals surface area contributed by atoms with Crippen LogP contribution in [0.5, 0.6) is 0 Å². The van der Waals surface area contributed by atoms with Crippen LogP contribution in [-0.4, -0.2) is 24.3 Å². The zero-order chi connectivity index (χ0) is 10.7. The van der Waals surface area contributed by atoms with Crippen LogP contribution in [0.1, 0.15) is 45.4 Å². The summed E-state index contributed by atoms with van der Waals surface area (Å²) < 4.78 is 5.95. The predicted octanol–water partition coefficient (Wildman–Crippen LogP) is -0.561. The van der Waals surface area contributed by atoms with Gasteiger partial charge in [0.25, 0.3) is 0 Å². The molecular formula is C11H22N3O+. The fourth-order valence-corrected chi connectivity index (χ4v) is 2.44. The first-order valence-electron chi connectivity index (χ1n) is 6.10. The summed E-state index contributed by atoms with van der Waals surface area (Å²) in [6.45, 7) is 2.23. The van der Waals surface area contributed by atoms with Crippen LogP contribution in [0.15, 0.2) is 0 Å². The highest BCUT2D eigenvalue weighted by atomic mass is 16.5. The van der Waals surface area contributed by atoms with E-state index in [1.165, 1.54) is 19.3 Å². The standard InChI is InChI=1S/C11H21N3O/c1-2-3-4-5-9-8-6-7-10(15-9)14-11(12)13-8/h8-10H,2-7H2,1H3,(H3,12,13,14)/p+1/t8-,9+,10-/m1/s1. The lowest BCUT2D eigenvalue weighted by atomic mass is 9.97. The molecule has 3 aliphatic heterocycles. The van der Waals surface area contributed by atoms with Crippen molar-refractivity contribution in [3.05, 3.63) is 0 Å². The van der Waals surface area contributed by atoms with E-state index in [0.29, 0.717) is 18.1 Å². The third kappa shape index (κ3) is 2.62. The molecule has 3 aliphatic rings. The molecule has 3 rings (SSSR count). The highest BCUT2D eigenvalue weighted by molar-refractivity contribution is 5.72. The van der Waals surface area contributed by atoms with Gasteiger partial charge in [0.15, 0.2) is 6.23 Å². The molecule has 86 valence electrons. The molecule has 0 aromatic heterocycles. The zero-order valence-electron chi connectivity index (χ0n) is 9.46. The largest absolute Gasteiger partial charge is 0.343 e. The summed E-state index contributed by atoms with van der Waals surface area (Å²) in [7, 11) is 0. The van der Waals surface area contributed by atoms with Crippen molar-refractivity contribution >= 4 is 5.96 Å². The summed E-state index contributed by atoms with van der Waals surface area (Å²) >= 11 is 0. The van der Waals surface area contributed by atoms with E-state index in [9.17, 15) is 0 Å². The van der Waals surface area contributed by atoms with Gasteiger partial charge in [-0.1, -0.05) is 26.2 Å². The Balaban J connectivity index is 1.88. The Labute approximate surface area is 91.3 Å². The maximum absolute atomic E-state index is 5.95. The maximum Gasteiger partial charge on any atom is 0.343 e. The topological polar surface area (TPSA) is 61.2 Å². The van der Waals surface area contributed by atoms with E-state index in [-0.39, 0.29) is 6.23 Å². The first-order valence-corrected chi connectivity index (χ1v) is 6.10. The minimum absolute atomic E-state index is 0.128. The molecule has 0 amide bonds. The van der Waals surface area contributed by atoms with Crippen molar-refractivity contribution in [2.45, 2.75) is 63.8 Å². The normalized spacial score (nSPS) is 34.5. The number of hydrogen-bond donors (Lipinski definition) is 3. The van der Waals surface area contributed by atoms with Crippen LogP contribution in [0.4, 0.5) is 0 Å². The molecule has 0 unspecified atom stereocenters. The van der Waals surface area contributed by atoms with Gasteiger partial charge in [-0.15, -0.1) is 0 Å². The van der Waals surface area contributed by atoms with Crippen molar-refractivity contribution in [3.8, 4) is 0 Å². The van der Waals surface area contributed by atoms with Crippen LogP contribution in [-0.2, 0) is 4.74 Å². The summed E-state index contributed by atoms with van der Waals surface area (Å²) in [4.78, 5) is 3.15. The van der Waals surface area contributed by atoms with Gasteiger partial charge in [0.2, 0.25) is 0 Å². The van der Waals surface area contributed by atoms with Gasteiger partial charge in [-0.25, -0.2) is 0 Å². The Bertz CT molecular complexity index is 242. The van der Waals surface area contributed by atoms with Crippen LogP contribution < -0.4 is 16.0 Å². The number of rotatable bonds is 4. The second-order valence-electron chi connectivity index (χ2n) is 4.55. The Morgan fingerprint density at radius 2 is 2.33 bits per heavy atom. The molecular weight excluding hydrogens is 190 g/mol. The summed E-state index contributed by atoms with van der Waals surface area (Å²) in [6, 6.07) is 0.410. The molecule has 0 spiro atoms. The van der Waals surface area contributed by atoms with E-state index < -0.39 is 0 Å².